The number of rotatable bonds is 3. The van der Waals surface area contributed by atoms with Crippen LogP contribution < -0.4 is 0 Å². The highest BCUT2D eigenvalue weighted by Gasteiger charge is 2.27. The van der Waals surface area contributed by atoms with Gasteiger partial charge in [-0.25, -0.2) is 0 Å². The highest BCUT2D eigenvalue weighted by molar-refractivity contribution is 6.21. The molecule has 4 heteroatoms. The highest BCUT2D eigenvalue weighted by Crippen LogP contribution is 2.23. The second-order valence-electron chi connectivity index (χ2n) is 3.56. The Morgan fingerprint density at radius 2 is 2.07 bits per heavy atom. The summed E-state index contributed by atoms with van der Waals surface area (Å²) in [5.41, 5.74) is 0.732. The normalized spacial score (nSPS) is 19.1. The van der Waals surface area contributed by atoms with Gasteiger partial charge in [0.1, 0.15) is 0 Å². The summed E-state index contributed by atoms with van der Waals surface area (Å²) < 4.78 is 4.81. The molecule has 0 bridgehead atoms. The average Bonchev–Trinajstić information content (AvgIpc) is 2.18. The fraction of sp³-hybridized carbons (Fsp3) is 0.455. The number of allylic oxidation sites excluding steroid dienone is 3. The third kappa shape index (κ3) is 2.33. The lowest BCUT2D eigenvalue weighted by Crippen LogP contribution is -2.21. The van der Waals surface area contributed by atoms with E-state index in [0.29, 0.717) is 11.1 Å². The molecule has 1 aliphatic carbocycles. The van der Waals surface area contributed by atoms with Gasteiger partial charge in [0.15, 0.2) is 11.5 Å². The third-order valence-corrected chi connectivity index (χ3v) is 2.30. The van der Waals surface area contributed by atoms with Crippen LogP contribution in [0, 0.1) is 0 Å². The molecule has 0 saturated carbocycles. The molecule has 0 aliphatic heterocycles. The van der Waals surface area contributed by atoms with Crippen LogP contribution in [0.5, 0.6) is 0 Å². The fourth-order valence-electron chi connectivity index (χ4n) is 1.45. The van der Waals surface area contributed by atoms with Gasteiger partial charge >= 0.3 is 0 Å². The van der Waals surface area contributed by atoms with Gasteiger partial charge in [-0.05, 0) is 13.8 Å². The number of aliphatic hydroxyl groups excluding tert-OH is 1. The molecule has 82 valence electrons. The van der Waals surface area contributed by atoms with Gasteiger partial charge in [-0.1, -0.05) is 0 Å². The number of carbonyl (C=O) groups is 2. The molecule has 0 saturated heterocycles. The number of Topliss-reactive ketones (excluding diaryl/α,β-unsaturated/α-hetero) is 1. The highest BCUT2D eigenvalue weighted by atomic mass is 16.5. The molecule has 15 heavy (non-hydrogen) atoms. The number of hydrogen-bond donors (Lipinski definition) is 1. The van der Waals surface area contributed by atoms with Gasteiger partial charge < -0.3 is 9.84 Å². The number of carbonyl (C=O) groups excluding carboxylic acids is 2. The van der Waals surface area contributed by atoms with Crippen LogP contribution in [0.3, 0.4) is 0 Å². The first-order valence-electron chi connectivity index (χ1n) is 4.70. The molecule has 0 aromatic carbocycles. The molecule has 0 spiro atoms. The van der Waals surface area contributed by atoms with Crippen LogP contribution >= 0.6 is 0 Å². The predicted octanol–water partition coefficient (Wildman–Crippen LogP) is 0.756. The molecule has 0 radical (unpaired) electrons. The van der Waals surface area contributed by atoms with Crippen molar-refractivity contribution in [3.8, 4) is 0 Å². The summed E-state index contributed by atoms with van der Waals surface area (Å²) in [5, 5.41) is 9.23. The van der Waals surface area contributed by atoms with Crippen molar-refractivity contribution in [1.29, 1.82) is 0 Å². The summed E-state index contributed by atoms with van der Waals surface area (Å²) in [5.74, 6) is -0.501. The average molecular weight is 210 g/mol. The Morgan fingerprint density at radius 1 is 1.47 bits per heavy atom. The number of hydrogen-bond acceptors (Lipinski definition) is 4. The second-order valence-corrected chi connectivity index (χ2v) is 3.56. The van der Waals surface area contributed by atoms with Crippen molar-refractivity contribution in [2.24, 2.45) is 0 Å². The molecule has 0 fully saturated rings. The first kappa shape index (κ1) is 11.7. The van der Waals surface area contributed by atoms with Gasteiger partial charge in [0.2, 0.25) is 5.78 Å². The topological polar surface area (TPSA) is 63.6 Å². The molecule has 0 heterocycles. The second kappa shape index (κ2) is 4.40. The summed E-state index contributed by atoms with van der Waals surface area (Å²) in [6, 6.07) is 0. The van der Waals surface area contributed by atoms with E-state index in [0.717, 1.165) is 0 Å². The Bertz CT molecular complexity index is 361. The largest absolute Gasteiger partial charge is 0.493 e. The van der Waals surface area contributed by atoms with E-state index in [9.17, 15) is 14.7 Å². The number of ether oxygens (including phenoxy) is 1. The number of aliphatic hydroxyl groups is 1. The molecule has 0 amide bonds. The van der Waals surface area contributed by atoms with Crippen molar-refractivity contribution in [1.82, 2.24) is 0 Å². The Balaban J connectivity index is 3.06. The first-order chi connectivity index (χ1) is 6.97. The smallest absolute Gasteiger partial charge is 0.224 e. The van der Waals surface area contributed by atoms with Crippen molar-refractivity contribution in [3.05, 3.63) is 23.0 Å². The van der Waals surface area contributed by atoms with Gasteiger partial charge in [0, 0.05) is 23.6 Å². The van der Waals surface area contributed by atoms with E-state index in [1.165, 1.54) is 13.2 Å². The lowest BCUT2D eigenvalue weighted by atomic mass is 9.91. The predicted molar refractivity (Wildman–Crippen MR) is 54.1 cm³/mol. The SMILES string of the molecule is COC1=CC(=O)C(C)=C(C[C@@H](C)O)C1=O. The van der Waals surface area contributed by atoms with Gasteiger partial charge in [-0.15, -0.1) is 0 Å². The van der Waals surface area contributed by atoms with Crippen LogP contribution in [0.4, 0.5) is 0 Å². The Labute approximate surface area is 88.2 Å². The minimum Gasteiger partial charge on any atom is -0.493 e. The first-order valence-corrected chi connectivity index (χ1v) is 4.70. The standard InChI is InChI=1S/C11H14O4/c1-6(12)4-8-7(2)9(13)5-10(15-3)11(8)14/h5-6,12H,4H2,1-3H3/t6-/m1/s1. The van der Waals surface area contributed by atoms with E-state index in [4.69, 9.17) is 4.74 Å². The van der Waals surface area contributed by atoms with E-state index in [1.807, 2.05) is 0 Å². The molecule has 1 atom stereocenters. The third-order valence-electron chi connectivity index (χ3n) is 2.30. The number of methoxy groups -OCH3 is 1. The van der Waals surface area contributed by atoms with Crippen LogP contribution in [0.25, 0.3) is 0 Å². The zero-order valence-corrected chi connectivity index (χ0v) is 9.03. The molecule has 4 nitrogen and oxygen atoms in total. The summed E-state index contributed by atoms with van der Waals surface area (Å²) in [6.07, 6.45) is 0.711. The van der Waals surface area contributed by atoms with E-state index in [2.05, 4.69) is 0 Å². The molecule has 1 aliphatic rings. The Kier molecular flexibility index (Phi) is 3.42. The van der Waals surface area contributed by atoms with Gasteiger partial charge in [0.25, 0.3) is 0 Å². The maximum Gasteiger partial charge on any atom is 0.224 e. The molecule has 1 N–H and O–H groups in total. The monoisotopic (exact) mass is 210 g/mol. The minimum atomic E-state index is -0.650. The van der Waals surface area contributed by atoms with Gasteiger partial charge in [-0.2, -0.15) is 0 Å². The van der Waals surface area contributed by atoms with E-state index in [1.54, 1.807) is 13.8 Å². The summed E-state index contributed by atoms with van der Waals surface area (Å²) in [6.45, 7) is 3.16. The van der Waals surface area contributed by atoms with Gasteiger partial charge in [-0.3, -0.25) is 9.59 Å². The quantitative estimate of drug-likeness (QED) is 0.698. The van der Waals surface area contributed by atoms with Crippen molar-refractivity contribution in [2.45, 2.75) is 26.4 Å². The zero-order valence-electron chi connectivity index (χ0n) is 9.03. The van der Waals surface area contributed by atoms with E-state index < -0.39 is 6.10 Å². The van der Waals surface area contributed by atoms with Crippen LogP contribution in [-0.4, -0.2) is 29.9 Å². The fourth-order valence-corrected chi connectivity index (χ4v) is 1.45. The molecule has 0 unspecified atom stereocenters. The summed E-state index contributed by atoms with van der Waals surface area (Å²) in [7, 11) is 1.34. The lowest BCUT2D eigenvalue weighted by molar-refractivity contribution is -0.118. The molecular weight excluding hydrogens is 196 g/mol. The molecule has 0 aromatic heterocycles. The lowest BCUT2D eigenvalue weighted by Gasteiger charge is -2.17. The van der Waals surface area contributed by atoms with Crippen LogP contribution in [0.15, 0.2) is 23.0 Å². The van der Waals surface area contributed by atoms with E-state index >= 15 is 0 Å². The van der Waals surface area contributed by atoms with Crippen molar-refractivity contribution >= 4 is 11.6 Å². The van der Waals surface area contributed by atoms with Crippen molar-refractivity contribution < 1.29 is 19.4 Å². The molecule has 1 rings (SSSR count). The van der Waals surface area contributed by atoms with Crippen molar-refractivity contribution in [3.63, 3.8) is 0 Å². The van der Waals surface area contributed by atoms with Crippen LogP contribution in [-0.2, 0) is 14.3 Å². The molecule has 0 aromatic rings. The Morgan fingerprint density at radius 3 is 2.53 bits per heavy atom. The van der Waals surface area contributed by atoms with E-state index in [-0.39, 0.29) is 23.7 Å². The van der Waals surface area contributed by atoms with Crippen molar-refractivity contribution in [2.75, 3.05) is 7.11 Å². The summed E-state index contributed by atoms with van der Waals surface area (Å²) >= 11 is 0. The Hall–Kier alpha value is -1.42. The summed E-state index contributed by atoms with van der Waals surface area (Å²) in [4.78, 5) is 23.2. The maximum atomic E-state index is 11.7. The van der Waals surface area contributed by atoms with Crippen LogP contribution in [0.2, 0.25) is 0 Å². The number of ketones is 2. The van der Waals surface area contributed by atoms with Crippen LogP contribution in [0.1, 0.15) is 20.3 Å². The van der Waals surface area contributed by atoms with Gasteiger partial charge in [0.05, 0.1) is 13.2 Å². The maximum absolute atomic E-state index is 11.7. The molecular formula is C11H14O4. The zero-order chi connectivity index (χ0) is 11.6. The minimum absolute atomic E-state index is 0.0428.